The summed E-state index contributed by atoms with van der Waals surface area (Å²) in [6.07, 6.45) is -1.94. The van der Waals surface area contributed by atoms with E-state index >= 15 is 0 Å². The Morgan fingerprint density at radius 2 is 1.83 bits per heavy atom. The van der Waals surface area contributed by atoms with Crippen LogP contribution in [0.3, 0.4) is 0 Å². The Labute approximate surface area is 178 Å². The van der Waals surface area contributed by atoms with Gasteiger partial charge in [-0.1, -0.05) is 23.7 Å². The smallest absolute Gasteiger partial charge is 0.378 e. The summed E-state index contributed by atoms with van der Waals surface area (Å²) in [6.45, 7) is 3.49. The normalized spacial score (nSPS) is 14.9. The molecule has 1 fully saturated rings. The second-order valence-electron chi connectivity index (χ2n) is 7.03. The van der Waals surface area contributed by atoms with Crippen molar-refractivity contribution >= 4 is 29.3 Å². The molecule has 0 radical (unpaired) electrons. The molecule has 0 atom stereocenters. The summed E-state index contributed by atoms with van der Waals surface area (Å²) in [5.41, 5.74) is 1.39. The fourth-order valence-corrected chi connectivity index (χ4v) is 3.30. The standard InChI is InChI=1S/C22H22ClF3N2O2/c1-27(15-16-2-6-19(7-3-16)28-10-12-30-13-11-28)21(29)9-4-17-14-18(22(24,25)26)5-8-20(17)23/h2-9,14H,10-13,15H2,1H3/b9-4+. The largest absolute Gasteiger partial charge is 0.416 e. The molecule has 0 aromatic heterocycles. The van der Waals surface area contributed by atoms with Crippen LogP contribution in [0.5, 0.6) is 0 Å². The second-order valence-corrected chi connectivity index (χ2v) is 7.43. The molecular weight excluding hydrogens is 417 g/mol. The number of nitrogens with zero attached hydrogens (tertiary/aromatic N) is 2. The van der Waals surface area contributed by atoms with Gasteiger partial charge in [-0.3, -0.25) is 4.79 Å². The van der Waals surface area contributed by atoms with Crippen LogP contribution in [-0.4, -0.2) is 44.2 Å². The minimum absolute atomic E-state index is 0.142. The van der Waals surface area contributed by atoms with Gasteiger partial charge >= 0.3 is 6.18 Å². The van der Waals surface area contributed by atoms with Crippen molar-refractivity contribution in [2.24, 2.45) is 0 Å². The van der Waals surface area contributed by atoms with Gasteiger partial charge in [0.1, 0.15) is 0 Å². The number of morpholine rings is 1. The molecule has 8 heteroatoms. The van der Waals surface area contributed by atoms with E-state index in [0.717, 1.165) is 36.5 Å². The van der Waals surface area contributed by atoms with Crippen molar-refractivity contribution in [1.82, 2.24) is 4.90 Å². The number of benzene rings is 2. The third kappa shape index (κ3) is 5.77. The maximum Gasteiger partial charge on any atom is 0.416 e. The van der Waals surface area contributed by atoms with Crippen LogP contribution >= 0.6 is 11.6 Å². The van der Waals surface area contributed by atoms with Crippen molar-refractivity contribution in [2.75, 3.05) is 38.3 Å². The van der Waals surface area contributed by atoms with Crippen molar-refractivity contribution in [2.45, 2.75) is 12.7 Å². The van der Waals surface area contributed by atoms with E-state index in [0.29, 0.717) is 19.8 Å². The number of alkyl halides is 3. The van der Waals surface area contributed by atoms with Crippen LogP contribution in [0.1, 0.15) is 16.7 Å². The molecule has 160 valence electrons. The molecule has 2 aromatic rings. The Hall–Kier alpha value is -2.51. The maximum atomic E-state index is 12.9. The lowest BCUT2D eigenvalue weighted by Gasteiger charge is -2.29. The molecule has 2 aromatic carbocycles. The zero-order valence-electron chi connectivity index (χ0n) is 16.5. The van der Waals surface area contributed by atoms with Crippen molar-refractivity contribution in [3.05, 3.63) is 70.3 Å². The third-order valence-corrected chi connectivity index (χ3v) is 5.18. The first-order valence-electron chi connectivity index (χ1n) is 9.45. The van der Waals surface area contributed by atoms with E-state index in [1.807, 2.05) is 24.3 Å². The topological polar surface area (TPSA) is 32.8 Å². The highest BCUT2D eigenvalue weighted by Crippen LogP contribution is 2.32. The lowest BCUT2D eigenvalue weighted by Crippen LogP contribution is -2.36. The van der Waals surface area contributed by atoms with Crippen LogP contribution < -0.4 is 4.90 Å². The third-order valence-electron chi connectivity index (χ3n) is 4.84. The number of ether oxygens (including phenoxy) is 1. The van der Waals surface area contributed by atoms with Gasteiger partial charge in [-0.2, -0.15) is 13.2 Å². The summed E-state index contributed by atoms with van der Waals surface area (Å²) in [7, 11) is 1.64. The van der Waals surface area contributed by atoms with Crippen molar-refractivity contribution in [3.63, 3.8) is 0 Å². The lowest BCUT2D eigenvalue weighted by molar-refractivity contribution is -0.137. The number of carbonyl (C=O) groups excluding carboxylic acids is 1. The first kappa shape index (κ1) is 22.2. The fraction of sp³-hybridized carbons (Fsp3) is 0.318. The molecule has 1 amide bonds. The Kier molecular flexibility index (Phi) is 7.05. The van der Waals surface area contributed by atoms with Gasteiger partial charge in [0.25, 0.3) is 0 Å². The summed E-state index contributed by atoms with van der Waals surface area (Å²) < 4.78 is 43.9. The van der Waals surface area contributed by atoms with Crippen LogP contribution in [0.25, 0.3) is 6.08 Å². The molecule has 0 unspecified atom stereocenters. The van der Waals surface area contributed by atoms with Gasteiger partial charge in [0.2, 0.25) is 5.91 Å². The van der Waals surface area contributed by atoms with Crippen molar-refractivity contribution in [3.8, 4) is 0 Å². The maximum absolute atomic E-state index is 12.9. The van der Waals surface area contributed by atoms with Crippen LogP contribution in [-0.2, 0) is 22.3 Å². The molecule has 0 bridgehead atoms. The van der Waals surface area contributed by atoms with Crippen LogP contribution in [0, 0.1) is 0 Å². The monoisotopic (exact) mass is 438 g/mol. The van der Waals surface area contributed by atoms with Gasteiger partial charge in [0.05, 0.1) is 18.8 Å². The van der Waals surface area contributed by atoms with Crippen LogP contribution in [0.4, 0.5) is 18.9 Å². The number of anilines is 1. The second kappa shape index (κ2) is 9.53. The SMILES string of the molecule is CN(Cc1ccc(N2CCOCC2)cc1)C(=O)/C=C/c1cc(C(F)(F)F)ccc1Cl. The molecule has 1 saturated heterocycles. The molecule has 1 aliphatic heterocycles. The Morgan fingerprint density at radius 1 is 1.17 bits per heavy atom. The molecule has 3 rings (SSSR count). The van der Waals surface area contributed by atoms with E-state index in [9.17, 15) is 18.0 Å². The number of likely N-dealkylation sites (N-methyl/N-ethyl adjacent to an activating group) is 1. The van der Waals surface area contributed by atoms with E-state index in [1.165, 1.54) is 23.1 Å². The van der Waals surface area contributed by atoms with Gasteiger partial charge in [-0.25, -0.2) is 0 Å². The van der Waals surface area contributed by atoms with Gasteiger partial charge in [0.15, 0.2) is 0 Å². The predicted octanol–water partition coefficient (Wildman–Crippen LogP) is 4.87. The van der Waals surface area contributed by atoms with E-state index in [2.05, 4.69) is 4.90 Å². The summed E-state index contributed by atoms with van der Waals surface area (Å²) in [6, 6.07) is 11.0. The molecule has 4 nitrogen and oxygen atoms in total. The highest BCUT2D eigenvalue weighted by Gasteiger charge is 2.30. The first-order chi connectivity index (χ1) is 14.2. The van der Waals surface area contributed by atoms with E-state index in [4.69, 9.17) is 16.3 Å². The molecule has 1 aliphatic rings. The minimum Gasteiger partial charge on any atom is -0.378 e. The minimum atomic E-state index is -4.47. The molecule has 30 heavy (non-hydrogen) atoms. The predicted molar refractivity (Wildman–Crippen MR) is 111 cm³/mol. The summed E-state index contributed by atoms with van der Waals surface area (Å²) in [5.74, 6) is -0.333. The van der Waals surface area contributed by atoms with Gasteiger partial charge in [0, 0.05) is 43.5 Å². The number of amides is 1. The molecule has 0 spiro atoms. The molecule has 0 saturated carbocycles. The average molecular weight is 439 g/mol. The van der Waals surface area contributed by atoms with Crippen LogP contribution in [0.15, 0.2) is 48.5 Å². The average Bonchev–Trinajstić information content (AvgIpc) is 2.73. The molecule has 1 heterocycles. The lowest BCUT2D eigenvalue weighted by atomic mass is 10.1. The van der Waals surface area contributed by atoms with Crippen molar-refractivity contribution < 1.29 is 22.7 Å². The van der Waals surface area contributed by atoms with E-state index in [-0.39, 0.29) is 16.5 Å². The summed E-state index contributed by atoms with van der Waals surface area (Å²) in [5, 5.41) is 0.147. The van der Waals surface area contributed by atoms with Gasteiger partial charge in [-0.05, 0) is 47.5 Å². The summed E-state index contributed by atoms with van der Waals surface area (Å²) >= 11 is 5.96. The van der Waals surface area contributed by atoms with Gasteiger partial charge < -0.3 is 14.5 Å². The van der Waals surface area contributed by atoms with E-state index < -0.39 is 11.7 Å². The number of hydrogen-bond donors (Lipinski definition) is 0. The van der Waals surface area contributed by atoms with Gasteiger partial charge in [-0.15, -0.1) is 0 Å². The zero-order valence-corrected chi connectivity index (χ0v) is 17.2. The highest BCUT2D eigenvalue weighted by atomic mass is 35.5. The first-order valence-corrected chi connectivity index (χ1v) is 9.83. The van der Waals surface area contributed by atoms with E-state index in [1.54, 1.807) is 7.05 Å². The highest BCUT2D eigenvalue weighted by molar-refractivity contribution is 6.32. The molecule has 0 N–H and O–H groups in total. The number of hydrogen-bond acceptors (Lipinski definition) is 3. The number of rotatable bonds is 5. The van der Waals surface area contributed by atoms with Crippen molar-refractivity contribution in [1.29, 1.82) is 0 Å². The fourth-order valence-electron chi connectivity index (χ4n) is 3.12. The summed E-state index contributed by atoms with van der Waals surface area (Å²) in [4.78, 5) is 16.1. The zero-order chi connectivity index (χ0) is 21.7. The Morgan fingerprint density at radius 3 is 2.47 bits per heavy atom. The van der Waals surface area contributed by atoms with Crippen LogP contribution in [0.2, 0.25) is 5.02 Å². The Bertz CT molecular complexity index is 908. The molecule has 0 aliphatic carbocycles. The number of carbonyl (C=O) groups is 1. The number of halogens is 4. The quantitative estimate of drug-likeness (QED) is 0.624. The Balaban J connectivity index is 1.62. The molecular formula is C22H22ClF3N2O2.